The number of rotatable bonds is 1. The van der Waals surface area contributed by atoms with Crippen LogP contribution in [0.1, 0.15) is 19.3 Å². The van der Waals surface area contributed by atoms with Crippen molar-refractivity contribution in [2.45, 2.75) is 31.5 Å². The molecule has 2 fully saturated rings. The van der Waals surface area contributed by atoms with E-state index in [0.29, 0.717) is 5.92 Å². The van der Waals surface area contributed by atoms with Gasteiger partial charge in [-0.05, 0) is 30.8 Å². The fraction of sp³-hybridized carbons (Fsp3) is 0.700. The van der Waals surface area contributed by atoms with Crippen LogP contribution in [-0.2, 0) is 14.3 Å². The van der Waals surface area contributed by atoms with Gasteiger partial charge in [0.2, 0.25) is 0 Å². The minimum absolute atomic E-state index is 0.0475. The predicted molar refractivity (Wildman–Crippen MR) is 45.0 cm³/mol. The Labute approximate surface area is 76.7 Å². The van der Waals surface area contributed by atoms with E-state index in [1.54, 1.807) is 6.08 Å². The van der Waals surface area contributed by atoms with E-state index in [4.69, 9.17) is 9.47 Å². The van der Waals surface area contributed by atoms with Crippen molar-refractivity contribution < 1.29 is 14.3 Å². The first kappa shape index (κ1) is 7.56. The highest BCUT2D eigenvalue weighted by Gasteiger charge is 2.45. The second kappa shape index (κ2) is 2.58. The Morgan fingerprint density at radius 2 is 2.23 bits per heavy atom. The SMILES string of the molecule is O=C1C=C2CCO[C@@H](C3CC3)[C@@H]2O1. The van der Waals surface area contributed by atoms with E-state index in [-0.39, 0.29) is 18.2 Å². The van der Waals surface area contributed by atoms with Gasteiger partial charge < -0.3 is 9.47 Å². The fourth-order valence-electron chi connectivity index (χ4n) is 2.17. The topological polar surface area (TPSA) is 35.5 Å². The van der Waals surface area contributed by atoms with Gasteiger partial charge >= 0.3 is 5.97 Å². The standard InChI is InChI=1S/C10H12O3/c11-8-5-7-3-4-12-9(6-1-2-6)10(7)13-8/h5-6,9-10H,1-4H2/t9-,10+/m0/s1. The lowest BCUT2D eigenvalue weighted by Crippen LogP contribution is -2.37. The highest BCUT2D eigenvalue weighted by molar-refractivity contribution is 5.86. The van der Waals surface area contributed by atoms with Gasteiger partial charge in [0.15, 0.2) is 6.10 Å². The predicted octanol–water partition coefficient (Wildman–Crippen LogP) is 1.04. The van der Waals surface area contributed by atoms with Gasteiger partial charge in [-0.15, -0.1) is 0 Å². The van der Waals surface area contributed by atoms with Gasteiger partial charge in [0.1, 0.15) is 6.10 Å². The zero-order valence-corrected chi connectivity index (χ0v) is 7.36. The summed E-state index contributed by atoms with van der Waals surface area (Å²) in [6, 6.07) is 0. The molecule has 0 aromatic heterocycles. The van der Waals surface area contributed by atoms with Crippen LogP contribution in [0.4, 0.5) is 0 Å². The summed E-state index contributed by atoms with van der Waals surface area (Å²) in [5, 5.41) is 0. The highest BCUT2D eigenvalue weighted by atomic mass is 16.6. The number of esters is 1. The number of carbonyl (C=O) groups is 1. The van der Waals surface area contributed by atoms with Gasteiger partial charge in [-0.3, -0.25) is 0 Å². The largest absolute Gasteiger partial charge is 0.452 e. The Kier molecular flexibility index (Phi) is 1.50. The Morgan fingerprint density at radius 3 is 3.00 bits per heavy atom. The third-order valence-electron chi connectivity index (χ3n) is 3.00. The second-order valence-corrected chi connectivity index (χ2v) is 4.00. The average Bonchev–Trinajstić information content (AvgIpc) is 2.86. The third-order valence-corrected chi connectivity index (χ3v) is 3.00. The molecule has 0 aromatic carbocycles. The monoisotopic (exact) mass is 180 g/mol. The summed E-state index contributed by atoms with van der Waals surface area (Å²) in [5.74, 6) is 0.454. The average molecular weight is 180 g/mol. The van der Waals surface area contributed by atoms with Gasteiger partial charge in [-0.1, -0.05) is 0 Å². The second-order valence-electron chi connectivity index (χ2n) is 4.00. The maximum atomic E-state index is 11.0. The molecule has 0 bridgehead atoms. The molecule has 13 heavy (non-hydrogen) atoms. The first-order chi connectivity index (χ1) is 6.34. The summed E-state index contributed by atoms with van der Waals surface area (Å²) in [5.41, 5.74) is 1.15. The maximum absolute atomic E-state index is 11.0. The maximum Gasteiger partial charge on any atom is 0.331 e. The molecule has 3 aliphatic rings. The van der Waals surface area contributed by atoms with Gasteiger partial charge in [-0.2, -0.15) is 0 Å². The van der Waals surface area contributed by atoms with Crippen molar-refractivity contribution in [3.05, 3.63) is 11.6 Å². The van der Waals surface area contributed by atoms with Crippen molar-refractivity contribution in [2.75, 3.05) is 6.61 Å². The number of ether oxygens (including phenoxy) is 2. The lowest BCUT2D eigenvalue weighted by molar-refractivity contribution is -0.148. The van der Waals surface area contributed by atoms with Gasteiger partial charge in [0.25, 0.3) is 0 Å². The van der Waals surface area contributed by atoms with Crippen molar-refractivity contribution >= 4 is 5.97 Å². The molecule has 0 N–H and O–H groups in total. The van der Waals surface area contributed by atoms with Crippen molar-refractivity contribution in [3.63, 3.8) is 0 Å². The fourth-order valence-corrected chi connectivity index (χ4v) is 2.17. The normalized spacial score (nSPS) is 38.2. The Hall–Kier alpha value is -0.830. The molecular weight excluding hydrogens is 168 g/mol. The Bertz CT molecular complexity index is 278. The zero-order valence-electron chi connectivity index (χ0n) is 7.36. The smallest absolute Gasteiger partial charge is 0.331 e. The van der Waals surface area contributed by atoms with E-state index in [9.17, 15) is 4.79 Å². The molecule has 2 aliphatic heterocycles. The highest BCUT2D eigenvalue weighted by Crippen LogP contribution is 2.41. The molecule has 1 saturated carbocycles. The molecule has 3 rings (SSSR count). The molecule has 2 atom stereocenters. The van der Waals surface area contributed by atoms with Crippen molar-refractivity contribution in [1.29, 1.82) is 0 Å². The first-order valence-electron chi connectivity index (χ1n) is 4.87. The zero-order chi connectivity index (χ0) is 8.84. The Morgan fingerprint density at radius 1 is 1.38 bits per heavy atom. The molecule has 0 spiro atoms. The van der Waals surface area contributed by atoms with Crippen LogP contribution in [0.5, 0.6) is 0 Å². The molecule has 70 valence electrons. The molecule has 2 heterocycles. The van der Waals surface area contributed by atoms with Crippen molar-refractivity contribution in [1.82, 2.24) is 0 Å². The summed E-state index contributed by atoms with van der Waals surface area (Å²) in [6.07, 6.45) is 5.07. The molecule has 1 aliphatic carbocycles. The molecule has 3 nitrogen and oxygen atoms in total. The lowest BCUT2D eigenvalue weighted by atomic mass is 9.97. The van der Waals surface area contributed by atoms with E-state index >= 15 is 0 Å². The van der Waals surface area contributed by atoms with Crippen LogP contribution in [0.3, 0.4) is 0 Å². The van der Waals surface area contributed by atoms with Crippen LogP contribution in [0.15, 0.2) is 11.6 Å². The number of hydrogen-bond acceptors (Lipinski definition) is 3. The molecule has 0 amide bonds. The molecular formula is C10H12O3. The van der Waals surface area contributed by atoms with Crippen molar-refractivity contribution in [2.24, 2.45) is 5.92 Å². The molecule has 3 heteroatoms. The van der Waals surface area contributed by atoms with E-state index < -0.39 is 0 Å². The van der Waals surface area contributed by atoms with Crippen LogP contribution >= 0.6 is 0 Å². The summed E-state index contributed by atoms with van der Waals surface area (Å²) in [6.45, 7) is 0.750. The minimum Gasteiger partial charge on any atom is -0.452 e. The third kappa shape index (κ3) is 1.18. The van der Waals surface area contributed by atoms with Gasteiger partial charge in [-0.25, -0.2) is 4.79 Å². The van der Waals surface area contributed by atoms with Gasteiger partial charge in [0, 0.05) is 6.08 Å². The lowest BCUT2D eigenvalue weighted by Gasteiger charge is -2.29. The quantitative estimate of drug-likeness (QED) is 0.565. The summed E-state index contributed by atoms with van der Waals surface area (Å²) in [7, 11) is 0. The molecule has 1 saturated heterocycles. The van der Waals surface area contributed by atoms with E-state index in [1.807, 2.05) is 0 Å². The number of fused-ring (bicyclic) bond motifs is 1. The van der Waals surface area contributed by atoms with Gasteiger partial charge in [0.05, 0.1) is 6.61 Å². The number of hydrogen-bond donors (Lipinski definition) is 0. The summed E-state index contributed by atoms with van der Waals surface area (Å²) in [4.78, 5) is 11.0. The summed E-state index contributed by atoms with van der Waals surface area (Å²) < 4.78 is 10.9. The van der Waals surface area contributed by atoms with Crippen molar-refractivity contribution in [3.8, 4) is 0 Å². The van der Waals surface area contributed by atoms with Crippen LogP contribution in [-0.4, -0.2) is 24.8 Å². The van der Waals surface area contributed by atoms with Crippen LogP contribution in [0, 0.1) is 5.92 Å². The molecule has 0 aromatic rings. The summed E-state index contributed by atoms with van der Waals surface area (Å²) >= 11 is 0. The van der Waals surface area contributed by atoms with E-state index in [0.717, 1.165) is 18.6 Å². The number of carbonyl (C=O) groups excluding carboxylic acids is 1. The first-order valence-corrected chi connectivity index (χ1v) is 4.87. The van der Waals surface area contributed by atoms with E-state index in [1.165, 1.54) is 12.8 Å². The van der Waals surface area contributed by atoms with Crippen LogP contribution < -0.4 is 0 Å². The molecule has 0 unspecified atom stereocenters. The van der Waals surface area contributed by atoms with Crippen LogP contribution in [0.25, 0.3) is 0 Å². The van der Waals surface area contributed by atoms with E-state index in [2.05, 4.69) is 0 Å². The Balaban J connectivity index is 1.84. The molecule has 0 radical (unpaired) electrons. The van der Waals surface area contributed by atoms with Crippen LogP contribution in [0.2, 0.25) is 0 Å². The minimum atomic E-state index is -0.184.